The van der Waals surface area contributed by atoms with Gasteiger partial charge < -0.3 is 4.90 Å². The molecule has 2 aromatic rings. The van der Waals surface area contributed by atoms with Gasteiger partial charge in [0.05, 0.1) is 22.1 Å². The fourth-order valence-electron chi connectivity index (χ4n) is 2.40. The summed E-state index contributed by atoms with van der Waals surface area (Å²) < 4.78 is 0. The van der Waals surface area contributed by atoms with Crippen molar-refractivity contribution in [2.45, 2.75) is 6.92 Å². The van der Waals surface area contributed by atoms with Crippen molar-refractivity contribution in [3.05, 3.63) is 68.3 Å². The minimum atomic E-state index is -0.699. The number of halogens is 1. The van der Waals surface area contributed by atoms with Crippen LogP contribution >= 0.6 is 11.6 Å². The van der Waals surface area contributed by atoms with Gasteiger partial charge in [0.2, 0.25) is 0 Å². The minimum absolute atomic E-state index is 0.0674. The van der Waals surface area contributed by atoms with E-state index in [0.29, 0.717) is 5.88 Å². The van der Waals surface area contributed by atoms with E-state index in [1.165, 1.54) is 18.3 Å². The van der Waals surface area contributed by atoms with Gasteiger partial charge in [-0.1, -0.05) is 12.1 Å². The van der Waals surface area contributed by atoms with Gasteiger partial charge in [-0.25, -0.2) is 0 Å². The Morgan fingerprint density at radius 1 is 1.15 bits per heavy atom. The van der Waals surface area contributed by atoms with Crippen LogP contribution in [0.5, 0.6) is 0 Å². The Balaban J connectivity index is 2.11. The lowest BCUT2D eigenvalue weighted by Crippen LogP contribution is -2.24. The summed E-state index contributed by atoms with van der Waals surface area (Å²) >= 11 is 5.79. The zero-order valence-electron chi connectivity index (χ0n) is 14.5. The number of nitro benzene ring substituents is 2. The van der Waals surface area contributed by atoms with Crippen LogP contribution in [0.1, 0.15) is 12.5 Å². The smallest absolute Gasteiger partial charge is 0.301 e. The summed E-state index contributed by atoms with van der Waals surface area (Å²) in [4.78, 5) is 22.6. The Morgan fingerprint density at radius 3 is 2.41 bits per heavy atom. The number of benzene rings is 2. The molecule has 142 valence electrons. The third-order valence-corrected chi connectivity index (χ3v) is 3.95. The number of hydrazone groups is 1. The molecular formula is C17H18ClN5O4. The first kappa shape index (κ1) is 20.1. The van der Waals surface area contributed by atoms with Crippen LogP contribution < -0.4 is 10.3 Å². The van der Waals surface area contributed by atoms with Gasteiger partial charge in [-0.05, 0) is 30.7 Å². The van der Waals surface area contributed by atoms with Crippen molar-refractivity contribution in [3.8, 4) is 0 Å². The lowest BCUT2D eigenvalue weighted by atomic mass is 10.2. The van der Waals surface area contributed by atoms with Crippen LogP contribution in [-0.2, 0) is 0 Å². The first-order valence-corrected chi connectivity index (χ1v) is 8.62. The molecule has 0 saturated carbocycles. The summed E-state index contributed by atoms with van der Waals surface area (Å²) in [5.41, 5.74) is 3.67. The van der Waals surface area contributed by atoms with Gasteiger partial charge in [0, 0.05) is 30.7 Å². The molecule has 10 heteroatoms. The van der Waals surface area contributed by atoms with Gasteiger partial charge in [-0.3, -0.25) is 25.7 Å². The molecule has 0 aromatic heterocycles. The highest BCUT2D eigenvalue weighted by Gasteiger charge is 2.19. The second-order valence-electron chi connectivity index (χ2n) is 5.45. The van der Waals surface area contributed by atoms with Gasteiger partial charge in [-0.15, -0.1) is 11.6 Å². The summed E-state index contributed by atoms with van der Waals surface area (Å²) in [6, 6.07) is 10.9. The van der Waals surface area contributed by atoms with Crippen LogP contribution in [-0.4, -0.2) is 35.0 Å². The standard InChI is InChI=1S/C17H18ClN5O4/c1-2-21(10-9-18)14-5-3-13(4-6-14)12-19-20-16-8-7-15(22(24)25)11-17(16)23(26)27/h3-8,11-12,20H,2,9-10H2,1H3/b19-12+. The quantitative estimate of drug-likeness (QED) is 0.299. The number of nitrogens with one attached hydrogen (secondary N) is 1. The lowest BCUT2D eigenvalue weighted by molar-refractivity contribution is -0.393. The molecule has 27 heavy (non-hydrogen) atoms. The van der Waals surface area contributed by atoms with Crippen LogP contribution in [0.2, 0.25) is 0 Å². The molecule has 2 aromatic carbocycles. The van der Waals surface area contributed by atoms with Crippen LogP contribution in [0.4, 0.5) is 22.7 Å². The Kier molecular flexibility index (Phi) is 7.07. The van der Waals surface area contributed by atoms with Crippen molar-refractivity contribution < 1.29 is 9.85 Å². The highest BCUT2D eigenvalue weighted by atomic mass is 35.5. The zero-order valence-corrected chi connectivity index (χ0v) is 15.3. The molecule has 0 bridgehead atoms. The second kappa shape index (κ2) is 9.48. The maximum atomic E-state index is 11.1. The third kappa shape index (κ3) is 5.38. The number of non-ortho nitro benzene ring substituents is 1. The number of alkyl halides is 1. The van der Waals surface area contributed by atoms with Crippen LogP contribution in [0.15, 0.2) is 47.6 Å². The molecule has 0 aliphatic rings. The number of rotatable bonds is 9. The predicted octanol–water partition coefficient (Wildman–Crippen LogP) is 4.01. The molecule has 0 amide bonds. The molecule has 9 nitrogen and oxygen atoms in total. The molecule has 0 aliphatic heterocycles. The SMILES string of the molecule is CCN(CCCl)c1ccc(/C=N/Nc2ccc([N+](=O)[O-])cc2[N+](=O)[O-])cc1. The van der Waals surface area contributed by atoms with Gasteiger partial charge >= 0.3 is 5.69 Å². The summed E-state index contributed by atoms with van der Waals surface area (Å²) in [5, 5.41) is 25.8. The summed E-state index contributed by atoms with van der Waals surface area (Å²) in [6.07, 6.45) is 1.51. The van der Waals surface area contributed by atoms with Crippen molar-refractivity contribution in [2.24, 2.45) is 5.10 Å². The highest BCUT2D eigenvalue weighted by Crippen LogP contribution is 2.28. The van der Waals surface area contributed by atoms with Crippen molar-refractivity contribution >= 4 is 40.6 Å². The van der Waals surface area contributed by atoms with E-state index < -0.39 is 15.5 Å². The number of hydrogen-bond acceptors (Lipinski definition) is 7. The molecule has 0 spiro atoms. The Hall–Kier alpha value is -3.20. The second-order valence-corrected chi connectivity index (χ2v) is 5.82. The Morgan fingerprint density at radius 2 is 1.85 bits per heavy atom. The molecule has 0 aliphatic carbocycles. The molecule has 0 fully saturated rings. The maximum Gasteiger partial charge on any atom is 0.301 e. The molecule has 0 heterocycles. The van der Waals surface area contributed by atoms with E-state index in [-0.39, 0.29) is 11.4 Å². The Labute approximate surface area is 160 Å². The molecule has 0 saturated heterocycles. The van der Waals surface area contributed by atoms with Crippen LogP contribution in [0.3, 0.4) is 0 Å². The number of hydrogen-bond donors (Lipinski definition) is 1. The Bertz CT molecular complexity index is 842. The normalized spacial score (nSPS) is 10.7. The van der Waals surface area contributed by atoms with Crippen molar-refractivity contribution in [1.82, 2.24) is 0 Å². The van der Waals surface area contributed by atoms with E-state index in [0.717, 1.165) is 30.4 Å². The van der Waals surface area contributed by atoms with Gasteiger partial charge in [0.25, 0.3) is 5.69 Å². The van der Waals surface area contributed by atoms with Crippen LogP contribution in [0, 0.1) is 20.2 Å². The molecule has 1 N–H and O–H groups in total. The fraction of sp³-hybridized carbons (Fsp3) is 0.235. The summed E-state index contributed by atoms with van der Waals surface area (Å²) in [5.74, 6) is 0.537. The van der Waals surface area contributed by atoms with Crippen molar-refractivity contribution in [1.29, 1.82) is 0 Å². The van der Waals surface area contributed by atoms with Crippen molar-refractivity contribution in [3.63, 3.8) is 0 Å². The fourth-order valence-corrected chi connectivity index (χ4v) is 2.60. The number of anilines is 2. The highest BCUT2D eigenvalue weighted by molar-refractivity contribution is 6.18. The predicted molar refractivity (Wildman–Crippen MR) is 106 cm³/mol. The van der Waals surface area contributed by atoms with Crippen molar-refractivity contribution in [2.75, 3.05) is 29.3 Å². The molecule has 0 unspecified atom stereocenters. The van der Waals surface area contributed by atoms with E-state index >= 15 is 0 Å². The number of nitro groups is 2. The largest absolute Gasteiger partial charge is 0.371 e. The molecule has 0 radical (unpaired) electrons. The van der Waals surface area contributed by atoms with Gasteiger partial charge in [0.15, 0.2) is 0 Å². The zero-order chi connectivity index (χ0) is 19.8. The van der Waals surface area contributed by atoms with E-state index in [1.54, 1.807) is 0 Å². The minimum Gasteiger partial charge on any atom is -0.371 e. The summed E-state index contributed by atoms with van der Waals surface area (Å²) in [6.45, 7) is 3.63. The average Bonchev–Trinajstić information content (AvgIpc) is 2.66. The topological polar surface area (TPSA) is 114 Å². The average molecular weight is 392 g/mol. The summed E-state index contributed by atoms with van der Waals surface area (Å²) in [7, 11) is 0. The molecule has 0 atom stereocenters. The van der Waals surface area contributed by atoms with E-state index in [9.17, 15) is 20.2 Å². The number of nitrogens with zero attached hydrogens (tertiary/aromatic N) is 4. The monoisotopic (exact) mass is 391 g/mol. The van der Waals surface area contributed by atoms with Crippen LogP contribution in [0.25, 0.3) is 0 Å². The lowest BCUT2D eigenvalue weighted by Gasteiger charge is -2.21. The molecular weight excluding hydrogens is 374 g/mol. The molecule has 2 rings (SSSR count). The first-order chi connectivity index (χ1) is 13.0. The van der Waals surface area contributed by atoms with E-state index in [1.807, 2.05) is 31.2 Å². The first-order valence-electron chi connectivity index (χ1n) is 8.09. The van der Waals surface area contributed by atoms with Gasteiger partial charge in [-0.2, -0.15) is 5.10 Å². The third-order valence-electron chi connectivity index (χ3n) is 3.78. The van der Waals surface area contributed by atoms with E-state index in [4.69, 9.17) is 11.6 Å². The van der Waals surface area contributed by atoms with E-state index in [2.05, 4.69) is 15.4 Å². The maximum absolute atomic E-state index is 11.1. The van der Waals surface area contributed by atoms with Gasteiger partial charge in [0.1, 0.15) is 5.69 Å².